The quantitative estimate of drug-likeness (QED) is 0.509. The average molecular weight is 446 g/mol. The van der Waals surface area contributed by atoms with Gasteiger partial charge in [-0.05, 0) is 62.9 Å². The highest BCUT2D eigenvalue weighted by molar-refractivity contribution is 5.95. The molecule has 1 aromatic heterocycles. The maximum absolute atomic E-state index is 13.4. The molecule has 6 nitrogen and oxygen atoms in total. The number of fused-ring (bicyclic) bond motifs is 1. The molecule has 2 heterocycles. The van der Waals surface area contributed by atoms with E-state index in [1.54, 1.807) is 0 Å². The molecule has 6 heteroatoms. The zero-order valence-corrected chi connectivity index (χ0v) is 19.5. The lowest BCUT2D eigenvalue weighted by Crippen LogP contribution is -2.40. The van der Waals surface area contributed by atoms with Crippen LogP contribution in [0.5, 0.6) is 0 Å². The minimum absolute atomic E-state index is 0.201. The van der Waals surface area contributed by atoms with Crippen LogP contribution in [-0.2, 0) is 4.79 Å². The molecule has 1 saturated carbocycles. The van der Waals surface area contributed by atoms with Gasteiger partial charge in [-0.25, -0.2) is 4.68 Å². The van der Waals surface area contributed by atoms with Gasteiger partial charge in [-0.15, -0.1) is 5.10 Å². The summed E-state index contributed by atoms with van der Waals surface area (Å²) in [6, 6.07) is 18.9. The highest BCUT2D eigenvalue weighted by Crippen LogP contribution is 2.28. The number of hydrogen-bond acceptors (Lipinski definition) is 4. The fourth-order valence-electron chi connectivity index (χ4n) is 5.54. The third-order valence-corrected chi connectivity index (χ3v) is 7.42. The molecule has 0 spiro atoms. The van der Waals surface area contributed by atoms with E-state index in [1.807, 2.05) is 30.3 Å². The molecule has 2 aliphatic rings. The zero-order valence-electron chi connectivity index (χ0n) is 19.5. The van der Waals surface area contributed by atoms with Crippen molar-refractivity contribution in [3.05, 3.63) is 54.6 Å². The molecule has 0 bridgehead atoms. The van der Waals surface area contributed by atoms with Crippen molar-refractivity contribution in [2.45, 2.75) is 57.4 Å². The molecule has 174 valence electrons. The Bertz CT molecular complexity index is 1030. The normalized spacial score (nSPS) is 18.5. The standard InChI is InChI=1S/C27H35N5O/c33-27(22-10-3-1-4-11-22)31(23-12-5-2-6-13-23)19-9-18-30-20-16-24(17-21-30)32-26-15-8-7-14-25(26)28-29-32/h2,5-8,12-15,22,24H,1,3-4,9-11,16-21H2. The number of carbonyl (C=O) groups is 1. The molecule has 2 aromatic carbocycles. The average Bonchev–Trinajstić information content (AvgIpc) is 3.32. The fraction of sp³-hybridized carbons (Fsp3) is 0.519. The van der Waals surface area contributed by atoms with Crippen molar-refractivity contribution in [3.8, 4) is 0 Å². The minimum Gasteiger partial charge on any atom is -0.312 e. The van der Waals surface area contributed by atoms with E-state index in [4.69, 9.17) is 0 Å². The molecule has 5 rings (SSSR count). The Morgan fingerprint density at radius 2 is 1.64 bits per heavy atom. The van der Waals surface area contributed by atoms with Crippen LogP contribution in [0.25, 0.3) is 11.0 Å². The van der Waals surface area contributed by atoms with Gasteiger partial charge in [0.15, 0.2) is 0 Å². The number of aromatic nitrogens is 3. The molecule has 0 N–H and O–H groups in total. The van der Waals surface area contributed by atoms with Crippen molar-refractivity contribution in [2.24, 2.45) is 5.92 Å². The molecule has 1 aliphatic carbocycles. The predicted octanol–water partition coefficient (Wildman–Crippen LogP) is 5.07. The fourth-order valence-corrected chi connectivity index (χ4v) is 5.54. The number of carbonyl (C=O) groups excluding carboxylic acids is 1. The first-order valence-electron chi connectivity index (χ1n) is 12.7. The van der Waals surface area contributed by atoms with E-state index in [0.29, 0.717) is 11.9 Å². The number of benzene rings is 2. The molecule has 0 radical (unpaired) electrons. The van der Waals surface area contributed by atoms with Gasteiger partial charge in [0.25, 0.3) is 0 Å². The van der Waals surface area contributed by atoms with Crippen LogP contribution in [0.3, 0.4) is 0 Å². The third-order valence-electron chi connectivity index (χ3n) is 7.42. The Morgan fingerprint density at radius 3 is 2.42 bits per heavy atom. The Kier molecular flexibility index (Phi) is 7.01. The van der Waals surface area contributed by atoms with Crippen molar-refractivity contribution in [1.29, 1.82) is 0 Å². The lowest BCUT2D eigenvalue weighted by molar-refractivity contribution is -0.123. The van der Waals surface area contributed by atoms with E-state index in [2.05, 4.69) is 49.1 Å². The summed E-state index contributed by atoms with van der Waals surface area (Å²) in [6.45, 7) is 3.97. The highest BCUT2D eigenvalue weighted by Gasteiger charge is 2.27. The maximum Gasteiger partial charge on any atom is 0.230 e. The van der Waals surface area contributed by atoms with Crippen LogP contribution in [0.4, 0.5) is 5.69 Å². The highest BCUT2D eigenvalue weighted by atomic mass is 16.2. The molecule has 33 heavy (non-hydrogen) atoms. The molecular formula is C27H35N5O. The predicted molar refractivity (Wildman–Crippen MR) is 132 cm³/mol. The summed E-state index contributed by atoms with van der Waals surface area (Å²) in [6.07, 6.45) is 8.94. The van der Waals surface area contributed by atoms with Crippen LogP contribution >= 0.6 is 0 Å². The zero-order chi connectivity index (χ0) is 22.5. The number of amides is 1. The summed E-state index contributed by atoms with van der Waals surface area (Å²) >= 11 is 0. The largest absolute Gasteiger partial charge is 0.312 e. The van der Waals surface area contributed by atoms with Crippen molar-refractivity contribution in [2.75, 3.05) is 31.1 Å². The molecular weight excluding hydrogens is 410 g/mol. The Labute approximate surface area is 196 Å². The lowest BCUT2D eigenvalue weighted by Gasteiger charge is -2.33. The SMILES string of the molecule is O=C(C1CCCCC1)N(CCCN1CCC(n2nnc3ccccc32)CC1)c1ccccc1. The topological polar surface area (TPSA) is 54.3 Å². The second-order valence-electron chi connectivity index (χ2n) is 9.61. The maximum atomic E-state index is 13.4. The van der Waals surface area contributed by atoms with Gasteiger partial charge >= 0.3 is 0 Å². The first kappa shape index (κ1) is 22.1. The van der Waals surface area contributed by atoms with Gasteiger partial charge in [-0.2, -0.15) is 0 Å². The van der Waals surface area contributed by atoms with Crippen molar-refractivity contribution >= 4 is 22.6 Å². The Hall–Kier alpha value is -2.73. The van der Waals surface area contributed by atoms with Gasteiger partial charge in [-0.3, -0.25) is 4.79 Å². The van der Waals surface area contributed by atoms with Crippen molar-refractivity contribution < 1.29 is 4.79 Å². The molecule has 1 saturated heterocycles. The first-order valence-corrected chi connectivity index (χ1v) is 12.7. The summed E-state index contributed by atoms with van der Waals surface area (Å²) in [5.74, 6) is 0.532. The van der Waals surface area contributed by atoms with Gasteiger partial charge in [0, 0.05) is 31.2 Å². The summed E-state index contributed by atoms with van der Waals surface area (Å²) < 4.78 is 2.12. The monoisotopic (exact) mass is 445 g/mol. The van der Waals surface area contributed by atoms with Crippen molar-refractivity contribution in [1.82, 2.24) is 19.9 Å². The Morgan fingerprint density at radius 1 is 0.909 bits per heavy atom. The van der Waals surface area contributed by atoms with Crippen LogP contribution in [0.15, 0.2) is 54.6 Å². The summed E-state index contributed by atoms with van der Waals surface area (Å²) in [5, 5.41) is 8.76. The number of anilines is 1. The number of likely N-dealkylation sites (tertiary alicyclic amines) is 1. The van der Waals surface area contributed by atoms with Crippen LogP contribution in [0, 0.1) is 5.92 Å². The van der Waals surface area contributed by atoms with Gasteiger partial charge in [0.1, 0.15) is 5.52 Å². The summed E-state index contributed by atoms with van der Waals surface area (Å²) in [5.41, 5.74) is 3.16. The molecule has 2 fully saturated rings. The van der Waals surface area contributed by atoms with Crippen LogP contribution < -0.4 is 4.90 Å². The minimum atomic E-state index is 0.201. The number of nitrogens with zero attached hydrogens (tertiary/aromatic N) is 5. The van der Waals surface area contributed by atoms with E-state index in [1.165, 1.54) is 19.3 Å². The summed E-state index contributed by atoms with van der Waals surface area (Å²) in [4.78, 5) is 18.0. The number of rotatable bonds is 7. The van der Waals surface area contributed by atoms with Gasteiger partial charge in [0.05, 0.1) is 11.6 Å². The van der Waals surface area contributed by atoms with E-state index in [9.17, 15) is 4.79 Å². The smallest absolute Gasteiger partial charge is 0.230 e. The van der Waals surface area contributed by atoms with E-state index in [-0.39, 0.29) is 5.92 Å². The molecule has 3 aromatic rings. The summed E-state index contributed by atoms with van der Waals surface area (Å²) in [7, 11) is 0. The third kappa shape index (κ3) is 5.11. The second kappa shape index (κ2) is 10.5. The number of hydrogen-bond donors (Lipinski definition) is 0. The van der Waals surface area contributed by atoms with Crippen LogP contribution in [-0.4, -0.2) is 52.0 Å². The Balaban J connectivity index is 1.15. The second-order valence-corrected chi connectivity index (χ2v) is 9.61. The van der Waals surface area contributed by atoms with Gasteiger partial charge < -0.3 is 9.80 Å². The first-order chi connectivity index (χ1) is 16.3. The van der Waals surface area contributed by atoms with E-state index in [0.717, 1.165) is 75.0 Å². The molecule has 0 atom stereocenters. The number of para-hydroxylation sites is 2. The molecule has 0 unspecified atom stereocenters. The van der Waals surface area contributed by atoms with Gasteiger partial charge in [-0.1, -0.05) is 54.8 Å². The lowest BCUT2D eigenvalue weighted by atomic mass is 9.88. The van der Waals surface area contributed by atoms with E-state index < -0.39 is 0 Å². The van der Waals surface area contributed by atoms with Gasteiger partial charge in [0.2, 0.25) is 5.91 Å². The van der Waals surface area contributed by atoms with Crippen LogP contribution in [0.2, 0.25) is 0 Å². The number of piperidine rings is 1. The molecule has 1 amide bonds. The molecule has 1 aliphatic heterocycles. The van der Waals surface area contributed by atoms with Crippen LogP contribution in [0.1, 0.15) is 57.4 Å². The van der Waals surface area contributed by atoms with Crippen molar-refractivity contribution in [3.63, 3.8) is 0 Å². The van der Waals surface area contributed by atoms with E-state index >= 15 is 0 Å².